The molecule has 0 saturated heterocycles. The fourth-order valence-electron chi connectivity index (χ4n) is 2.06. The minimum absolute atomic E-state index is 0.109. The first-order valence-electron chi connectivity index (χ1n) is 6.81. The third kappa shape index (κ3) is 3.33. The number of hydrogen-bond acceptors (Lipinski definition) is 5. The summed E-state index contributed by atoms with van der Waals surface area (Å²) >= 11 is 0. The van der Waals surface area contributed by atoms with E-state index in [1.165, 1.54) is 11.8 Å². The van der Waals surface area contributed by atoms with Crippen LogP contribution < -0.4 is 5.32 Å². The number of esters is 1. The van der Waals surface area contributed by atoms with Crippen LogP contribution in [0.5, 0.6) is 0 Å². The van der Waals surface area contributed by atoms with E-state index in [9.17, 15) is 9.59 Å². The first-order chi connectivity index (χ1) is 10.4. The third-order valence-electron chi connectivity index (χ3n) is 3.38. The standard InChI is InChI=1S/C14H19N5O3/c1-9-12(13(14(21)22-4)17-19(9)3)16-11(20)6-5-10-7-15-18(2)8-10/h7-8H,5-6H2,1-4H3,(H,16,20). The van der Waals surface area contributed by atoms with Gasteiger partial charge in [-0.3, -0.25) is 14.2 Å². The number of amides is 1. The van der Waals surface area contributed by atoms with Gasteiger partial charge in [0.2, 0.25) is 5.91 Å². The molecule has 2 rings (SSSR count). The van der Waals surface area contributed by atoms with Gasteiger partial charge in [-0.2, -0.15) is 10.2 Å². The SMILES string of the molecule is COC(=O)c1nn(C)c(C)c1NC(=O)CCc1cnn(C)c1. The second-order valence-corrected chi connectivity index (χ2v) is 4.99. The van der Waals surface area contributed by atoms with Crippen molar-refractivity contribution in [2.75, 3.05) is 12.4 Å². The van der Waals surface area contributed by atoms with Crippen molar-refractivity contribution in [3.63, 3.8) is 0 Å². The van der Waals surface area contributed by atoms with Gasteiger partial charge >= 0.3 is 5.97 Å². The second kappa shape index (κ2) is 6.42. The van der Waals surface area contributed by atoms with Crippen molar-refractivity contribution in [2.45, 2.75) is 19.8 Å². The van der Waals surface area contributed by atoms with Gasteiger partial charge in [-0.25, -0.2) is 4.79 Å². The number of carbonyl (C=O) groups is 2. The summed E-state index contributed by atoms with van der Waals surface area (Å²) < 4.78 is 7.90. The van der Waals surface area contributed by atoms with Crippen LogP contribution in [0.4, 0.5) is 5.69 Å². The van der Waals surface area contributed by atoms with Gasteiger partial charge in [0.25, 0.3) is 0 Å². The van der Waals surface area contributed by atoms with Crippen LogP contribution in [0.25, 0.3) is 0 Å². The molecule has 0 aliphatic rings. The van der Waals surface area contributed by atoms with E-state index in [0.29, 0.717) is 24.2 Å². The van der Waals surface area contributed by atoms with Gasteiger partial charge in [-0.1, -0.05) is 0 Å². The molecule has 0 fully saturated rings. The number of hydrogen-bond donors (Lipinski definition) is 1. The summed E-state index contributed by atoms with van der Waals surface area (Å²) in [6.07, 6.45) is 4.46. The molecule has 0 spiro atoms. The monoisotopic (exact) mass is 305 g/mol. The number of nitrogens with one attached hydrogen (secondary N) is 1. The predicted octanol–water partition coefficient (Wildman–Crippen LogP) is 0.820. The zero-order valence-corrected chi connectivity index (χ0v) is 13.1. The Morgan fingerprint density at radius 3 is 2.68 bits per heavy atom. The van der Waals surface area contributed by atoms with E-state index in [1.807, 2.05) is 13.2 Å². The van der Waals surface area contributed by atoms with Gasteiger partial charge in [0.1, 0.15) is 0 Å². The molecule has 0 radical (unpaired) electrons. The number of nitrogens with zero attached hydrogens (tertiary/aromatic N) is 4. The zero-order chi connectivity index (χ0) is 16.3. The van der Waals surface area contributed by atoms with E-state index in [2.05, 4.69) is 20.3 Å². The second-order valence-electron chi connectivity index (χ2n) is 4.99. The van der Waals surface area contributed by atoms with Crippen LogP contribution in [0.2, 0.25) is 0 Å². The maximum Gasteiger partial charge on any atom is 0.360 e. The third-order valence-corrected chi connectivity index (χ3v) is 3.38. The lowest BCUT2D eigenvalue weighted by molar-refractivity contribution is -0.116. The highest BCUT2D eigenvalue weighted by Gasteiger charge is 2.21. The van der Waals surface area contributed by atoms with Crippen molar-refractivity contribution >= 4 is 17.6 Å². The van der Waals surface area contributed by atoms with Gasteiger partial charge in [-0.15, -0.1) is 0 Å². The summed E-state index contributed by atoms with van der Waals surface area (Å²) in [5.41, 5.74) is 2.17. The van der Waals surface area contributed by atoms with Crippen LogP contribution in [-0.2, 0) is 30.0 Å². The molecule has 1 N–H and O–H groups in total. The average molecular weight is 305 g/mol. The Morgan fingerprint density at radius 1 is 1.36 bits per heavy atom. The van der Waals surface area contributed by atoms with Crippen LogP contribution >= 0.6 is 0 Å². The van der Waals surface area contributed by atoms with Gasteiger partial charge in [0.05, 0.1) is 24.7 Å². The Bertz CT molecular complexity index is 701. The predicted molar refractivity (Wildman–Crippen MR) is 79.4 cm³/mol. The van der Waals surface area contributed by atoms with Crippen LogP contribution in [-0.4, -0.2) is 38.5 Å². The molecule has 22 heavy (non-hydrogen) atoms. The number of methoxy groups -OCH3 is 1. The molecule has 1 amide bonds. The number of anilines is 1. The number of aromatic nitrogens is 4. The lowest BCUT2D eigenvalue weighted by Crippen LogP contribution is -2.15. The number of carbonyl (C=O) groups excluding carboxylic acids is 2. The number of rotatable bonds is 5. The molecule has 0 bridgehead atoms. The van der Waals surface area contributed by atoms with Gasteiger partial charge in [-0.05, 0) is 18.9 Å². The zero-order valence-electron chi connectivity index (χ0n) is 13.1. The Hall–Kier alpha value is -2.64. The van der Waals surface area contributed by atoms with E-state index < -0.39 is 5.97 Å². The topological polar surface area (TPSA) is 91.0 Å². The van der Waals surface area contributed by atoms with Crippen molar-refractivity contribution in [1.82, 2.24) is 19.6 Å². The molecule has 8 nitrogen and oxygen atoms in total. The fraction of sp³-hybridized carbons (Fsp3) is 0.429. The van der Waals surface area contributed by atoms with Crippen LogP contribution in [0.15, 0.2) is 12.4 Å². The summed E-state index contributed by atoms with van der Waals surface area (Å²) in [6, 6.07) is 0. The molecule has 2 aromatic heterocycles. The van der Waals surface area contributed by atoms with Gasteiger partial charge in [0.15, 0.2) is 5.69 Å². The van der Waals surface area contributed by atoms with E-state index in [4.69, 9.17) is 0 Å². The maximum atomic E-state index is 12.1. The minimum atomic E-state index is -0.578. The summed E-state index contributed by atoms with van der Waals surface area (Å²) in [7, 11) is 4.80. The molecular weight excluding hydrogens is 286 g/mol. The Balaban J connectivity index is 2.06. The first-order valence-corrected chi connectivity index (χ1v) is 6.81. The number of ether oxygens (including phenoxy) is 1. The Kier molecular flexibility index (Phi) is 4.59. The van der Waals surface area contributed by atoms with Crippen LogP contribution in [0, 0.1) is 6.92 Å². The quantitative estimate of drug-likeness (QED) is 0.826. The lowest BCUT2D eigenvalue weighted by atomic mass is 10.2. The first kappa shape index (κ1) is 15.7. The maximum absolute atomic E-state index is 12.1. The molecule has 0 atom stereocenters. The van der Waals surface area contributed by atoms with E-state index >= 15 is 0 Å². The van der Waals surface area contributed by atoms with Crippen molar-refractivity contribution in [3.05, 3.63) is 29.3 Å². The highest BCUT2D eigenvalue weighted by Crippen LogP contribution is 2.20. The van der Waals surface area contributed by atoms with Crippen LogP contribution in [0.1, 0.15) is 28.2 Å². The molecule has 0 saturated carbocycles. The van der Waals surface area contributed by atoms with E-state index in [1.54, 1.807) is 24.9 Å². The smallest absolute Gasteiger partial charge is 0.360 e. The van der Waals surface area contributed by atoms with Crippen molar-refractivity contribution in [2.24, 2.45) is 14.1 Å². The molecule has 0 aliphatic carbocycles. The molecular formula is C14H19N5O3. The van der Waals surface area contributed by atoms with Crippen molar-refractivity contribution in [3.8, 4) is 0 Å². The molecule has 118 valence electrons. The number of aryl methyl sites for hydroxylation is 3. The summed E-state index contributed by atoms with van der Waals surface area (Å²) in [5.74, 6) is -0.767. The highest BCUT2D eigenvalue weighted by molar-refractivity contribution is 6.00. The van der Waals surface area contributed by atoms with Crippen LogP contribution in [0.3, 0.4) is 0 Å². The molecule has 0 unspecified atom stereocenters. The molecule has 2 heterocycles. The summed E-state index contributed by atoms with van der Waals surface area (Å²) in [5, 5.41) is 10.9. The Morgan fingerprint density at radius 2 is 2.09 bits per heavy atom. The normalized spacial score (nSPS) is 10.5. The summed E-state index contributed by atoms with van der Waals surface area (Å²) in [4.78, 5) is 23.8. The largest absolute Gasteiger partial charge is 0.464 e. The minimum Gasteiger partial charge on any atom is -0.464 e. The molecule has 0 aromatic carbocycles. The fourth-order valence-corrected chi connectivity index (χ4v) is 2.06. The molecule has 8 heteroatoms. The van der Waals surface area contributed by atoms with Crippen molar-refractivity contribution < 1.29 is 14.3 Å². The van der Waals surface area contributed by atoms with Crippen molar-refractivity contribution in [1.29, 1.82) is 0 Å². The highest BCUT2D eigenvalue weighted by atomic mass is 16.5. The van der Waals surface area contributed by atoms with E-state index in [-0.39, 0.29) is 11.6 Å². The van der Waals surface area contributed by atoms with Gasteiger partial charge < -0.3 is 10.1 Å². The Labute approximate surface area is 128 Å². The summed E-state index contributed by atoms with van der Waals surface area (Å²) in [6.45, 7) is 1.77. The molecule has 2 aromatic rings. The average Bonchev–Trinajstić information content (AvgIpc) is 3.03. The van der Waals surface area contributed by atoms with E-state index in [0.717, 1.165) is 5.56 Å². The van der Waals surface area contributed by atoms with Gasteiger partial charge in [0, 0.05) is 26.7 Å². The molecule has 0 aliphatic heterocycles. The lowest BCUT2D eigenvalue weighted by Gasteiger charge is -2.05.